The minimum absolute atomic E-state index is 0.780. The molecule has 0 spiro atoms. The van der Waals surface area contributed by atoms with E-state index in [1.54, 1.807) is 0 Å². The lowest BCUT2D eigenvalue weighted by atomic mass is 10.1. The molecule has 3 aromatic rings. The Hall–Kier alpha value is -3.78. The van der Waals surface area contributed by atoms with Crippen molar-refractivity contribution in [1.82, 2.24) is 0 Å². The van der Waals surface area contributed by atoms with E-state index in [1.165, 1.54) is 0 Å². The van der Waals surface area contributed by atoms with Crippen molar-refractivity contribution in [3.05, 3.63) is 119 Å². The lowest BCUT2D eigenvalue weighted by Crippen LogP contribution is -1.82. The molecule has 0 aromatic heterocycles. The molecule has 0 saturated carbocycles. The molecular weight excluding hydrogens is 340 g/mol. The van der Waals surface area contributed by atoms with Crippen LogP contribution in [0.5, 0.6) is 0 Å². The van der Waals surface area contributed by atoms with Crippen LogP contribution in [0, 0.1) is 0 Å². The van der Waals surface area contributed by atoms with E-state index < -0.39 is 0 Å². The topological polar surface area (TPSA) is 52.0 Å². The highest BCUT2D eigenvalue weighted by Crippen LogP contribution is 2.11. The smallest absolute Gasteiger partial charge is 0.0314 e. The first-order chi connectivity index (χ1) is 13.7. The fraction of sp³-hybridized carbons (Fsp3) is 0. The number of anilines is 2. The second-order valence-electron chi connectivity index (χ2n) is 6.44. The average Bonchev–Trinajstić information content (AvgIpc) is 2.72. The Morgan fingerprint density at radius 1 is 0.357 bits per heavy atom. The first kappa shape index (κ1) is 19.0. The highest BCUT2D eigenvalue weighted by atomic mass is 14.5. The molecule has 0 bridgehead atoms. The van der Waals surface area contributed by atoms with Crippen molar-refractivity contribution in [2.45, 2.75) is 0 Å². The van der Waals surface area contributed by atoms with E-state index in [1.807, 2.05) is 72.8 Å². The van der Waals surface area contributed by atoms with Crippen molar-refractivity contribution in [3.8, 4) is 0 Å². The molecule has 0 aliphatic rings. The number of hydrogen-bond donors (Lipinski definition) is 2. The Morgan fingerprint density at radius 2 is 0.571 bits per heavy atom. The maximum absolute atomic E-state index is 5.69. The number of nitrogen functional groups attached to an aromatic ring is 2. The van der Waals surface area contributed by atoms with Gasteiger partial charge in [0, 0.05) is 11.4 Å². The van der Waals surface area contributed by atoms with Gasteiger partial charge in [-0.25, -0.2) is 0 Å². The maximum atomic E-state index is 5.69. The quantitative estimate of drug-likeness (QED) is 0.398. The molecule has 0 heterocycles. The summed E-state index contributed by atoms with van der Waals surface area (Å²) >= 11 is 0. The van der Waals surface area contributed by atoms with E-state index in [-0.39, 0.29) is 0 Å². The molecule has 0 aliphatic carbocycles. The summed E-state index contributed by atoms with van der Waals surface area (Å²) in [5.41, 5.74) is 17.5. The van der Waals surface area contributed by atoms with E-state index in [0.29, 0.717) is 0 Å². The number of allylic oxidation sites excluding steroid dienone is 4. The van der Waals surface area contributed by atoms with Gasteiger partial charge in [0.15, 0.2) is 0 Å². The number of nitrogens with two attached hydrogens (primary N) is 2. The Kier molecular flexibility index (Phi) is 6.64. The van der Waals surface area contributed by atoms with Gasteiger partial charge in [-0.1, -0.05) is 97.1 Å². The van der Waals surface area contributed by atoms with Crippen LogP contribution in [0.15, 0.2) is 97.1 Å². The van der Waals surface area contributed by atoms with E-state index in [0.717, 1.165) is 33.6 Å². The summed E-state index contributed by atoms with van der Waals surface area (Å²) in [6, 6.07) is 24.1. The third-order valence-electron chi connectivity index (χ3n) is 4.19. The lowest BCUT2D eigenvalue weighted by Gasteiger charge is -1.96. The van der Waals surface area contributed by atoms with Crippen molar-refractivity contribution in [2.24, 2.45) is 0 Å². The van der Waals surface area contributed by atoms with E-state index in [4.69, 9.17) is 11.5 Å². The third-order valence-corrected chi connectivity index (χ3v) is 4.19. The summed E-state index contributed by atoms with van der Waals surface area (Å²) in [5.74, 6) is 0. The number of rotatable bonds is 6. The number of hydrogen-bond acceptors (Lipinski definition) is 2. The van der Waals surface area contributed by atoms with Crippen LogP contribution in [0.3, 0.4) is 0 Å². The minimum Gasteiger partial charge on any atom is -0.399 e. The van der Waals surface area contributed by atoms with Crippen molar-refractivity contribution < 1.29 is 0 Å². The van der Waals surface area contributed by atoms with Gasteiger partial charge in [-0.2, -0.15) is 0 Å². The molecule has 0 atom stereocenters. The van der Waals surface area contributed by atoms with Gasteiger partial charge in [-0.05, 0) is 46.5 Å². The van der Waals surface area contributed by atoms with Crippen molar-refractivity contribution >= 4 is 35.7 Å². The zero-order valence-electron chi connectivity index (χ0n) is 15.7. The molecule has 2 heteroatoms. The zero-order valence-corrected chi connectivity index (χ0v) is 15.7. The molecule has 0 amide bonds. The highest BCUT2D eigenvalue weighted by molar-refractivity contribution is 5.62. The van der Waals surface area contributed by atoms with Crippen LogP contribution >= 0.6 is 0 Å². The normalized spacial score (nSPS) is 12.0. The molecule has 0 fully saturated rings. The maximum Gasteiger partial charge on any atom is 0.0314 e. The van der Waals surface area contributed by atoms with Crippen molar-refractivity contribution in [2.75, 3.05) is 11.5 Å². The summed E-state index contributed by atoms with van der Waals surface area (Å²) < 4.78 is 0. The third kappa shape index (κ3) is 6.19. The summed E-state index contributed by atoms with van der Waals surface area (Å²) in [5, 5.41) is 0. The largest absolute Gasteiger partial charge is 0.399 e. The van der Waals surface area contributed by atoms with Crippen LogP contribution in [0.1, 0.15) is 22.3 Å². The summed E-state index contributed by atoms with van der Waals surface area (Å²) in [7, 11) is 0. The first-order valence-corrected chi connectivity index (χ1v) is 9.20. The molecule has 138 valence electrons. The van der Waals surface area contributed by atoms with Crippen LogP contribution in [-0.2, 0) is 0 Å². The van der Waals surface area contributed by atoms with Crippen molar-refractivity contribution in [3.63, 3.8) is 0 Å². The van der Waals surface area contributed by atoms with E-state index >= 15 is 0 Å². The van der Waals surface area contributed by atoms with Gasteiger partial charge in [0.25, 0.3) is 0 Å². The van der Waals surface area contributed by atoms with Crippen LogP contribution in [0.2, 0.25) is 0 Å². The van der Waals surface area contributed by atoms with E-state index in [2.05, 4.69) is 48.6 Å². The predicted octanol–water partition coefficient (Wildman–Crippen LogP) is 6.30. The molecule has 3 aromatic carbocycles. The van der Waals surface area contributed by atoms with Gasteiger partial charge in [-0.15, -0.1) is 0 Å². The second-order valence-corrected chi connectivity index (χ2v) is 6.44. The van der Waals surface area contributed by atoms with Gasteiger partial charge >= 0.3 is 0 Å². The number of benzene rings is 3. The SMILES string of the molecule is Nc1ccc(/C=C/C=C/c2ccc(/C=C/C=C/c3ccc(N)cc3)cc2)cc1. The zero-order chi connectivity index (χ0) is 19.6. The Morgan fingerprint density at radius 3 is 0.821 bits per heavy atom. The van der Waals surface area contributed by atoms with Crippen LogP contribution < -0.4 is 11.5 Å². The molecule has 0 radical (unpaired) electrons. The van der Waals surface area contributed by atoms with E-state index in [9.17, 15) is 0 Å². The Balaban J connectivity index is 1.52. The molecule has 0 saturated heterocycles. The van der Waals surface area contributed by atoms with Gasteiger partial charge < -0.3 is 11.5 Å². The lowest BCUT2D eigenvalue weighted by molar-refractivity contribution is 1.62. The van der Waals surface area contributed by atoms with Crippen LogP contribution in [0.25, 0.3) is 24.3 Å². The molecule has 3 rings (SSSR count). The summed E-state index contributed by atoms with van der Waals surface area (Å²) in [6.45, 7) is 0. The van der Waals surface area contributed by atoms with Gasteiger partial charge in [0.2, 0.25) is 0 Å². The van der Waals surface area contributed by atoms with Crippen molar-refractivity contribution in [1.29, 1.82) is 0 Å². The fourth-order valence-electron chi connectivity index (χ4n) is 2.60. The van der Waals surface area contributed by atoms with Crippen LogP contribution in [0.4, 0.5) is 11.4 Å². The predicted molar refractivity (Wildman–Crippen MR) is 124 cm³/mol. The fourth-order valence-corrected chi connectivity index (χ4v) is 2.60. The second kappa shape index (κ2) is 9.79. The average molecular weight is 364 g/mol. The Labute approximate surface area is 166 Å². The summed E-state index contributed by atoms with van der Waals surface area (Å²) in [4.78, 5) is 0. The molecule has 28 heavy (non-hydrogen) atoms. The molecule has 4 N–H and O–H groups in total. The van der Waals surface area contributed by atoms with Gasteiger partial charge in [0.1, 0.15) is 0 Å². The molecular formula is C26H24N2. The first-order valence-electron chi connectivity index (χ1n) is 9.20. The molecule has 0 unspecified atom stereocenters. The van der Waals surface area contributed by atoms with Gasteiger partial charge in [0.05, 0.1) is 0 Å². The Bertz CT molecular complexity index is 903. The standard InChI is InChI=1S/C26H24N2/c27-25-17-13-23(14-18-25)7-3-1-5-21-9-11-22(12-10-21)6-2-4-8-24-15-19-26(28)20-16-24/h1-20H,27-28H2/b5-1+,6-2+,7-3+,8-4+. The van der Waals surface area contributed by atoms with Crippen LogP contribution in [-0.4, -0.2) is 0 Å². The summed E-state index contributed by atoms with van der Waals surface area (Å²) in [6.07, 6.45) is 16.4. The van der Waals surface area contributed by atoms with Gasteiger partial charge in [-0.3, -0.25) is 0 Å². The molecule has 0 aliphatic heterocycles. The minimum atomic E-state index is 0.780. The highest BCUT2D eigenvalue weighted by Gasteiger charge is 1.89. The molecule has 2 nitrogen and oxygen atoms in total. The monoisotopic (exact) mass is 364 g/mol.